The maximum Gasteiger partial charge on any atom is 0.407 e. The first-order valence-electron chi connectivity index (χ1n) is 11.3. The van der Waals surface area contributed by atoms with Gasteiger partial charge in [0.05, 0.1) is 18.4 Å². The number of carbonyl (C=O) groups excluding carboxylic acids is 2. The second kappa shape index (κ2) is 10.9. The quantitative estimate of drug-likeness (QED) is 0.563. The number of nitrogens with zero attached hydrogens (tertiary/aromatic N) is 1. The van der Waals surface area contributed by atoms with E-state index in [9.17, 15) is 19.5 Å². The Morgan fingerprint density at radius 1 is 1.12 bits per heavy atom. The van der Waals surface area contributed by atoms with Crippen molar-refractivity contribution in [2.45, 2.75) is 31.4 Å². The number of rotatable bonds is 9. The van der Waals surface area contributed by atoms with Crippen molar-refractivity contribution in [3.05, 3.63) is 59.7 Å². The monoisotopic (exact) mass is 484 g/mol. The summed E-state index contributed by atoms with van der Waals surface area (Å²) in [5.41, 5.74) is 4.57. The van der Waals surface area contributed by atoms with Crippen molar-refractivity contribution < 1.29 is 29.0 Å². The van der Waals surface area contributed by atoms with Gasteiger partial charge in [-0.15, -0.1) is 11.8 Å². The van der Waals surface area contributed by atoms with E-state index in [1.165, 1.54) is 16.7 Å². The van der Waals surface area contributed by atoms with Crippen LogP contribution in [-0.2, 0) is 19.1 Å². The number of thioether (sulfide) groups is 1. The normalized spacial score (nSPS) is 17.7. The fourth-order valence-electron chi connectivity index (χ4n) is 4.48. The Balaban J connectivity index is 1.31. The topological polar surface area (TPSA) is 105 Å². The van der Waals surface area contributed by atoms with Gasteiger partial charge in [0, 0.05) is 24.8 Å². The van der Waals surface area contributed by atoms with E-state index in [1.54, 1.807) is 6.92 Å². The molecule has 9 heteroatoms. The molecule has 2 aromatic rings. The van der Waals surface area contributed by atoms with Crippen molar-refractivity contribution in [3.8, 4) is 11.1 Å². The van der Waals surface area contributed by atoms with Crippen LogP contribution in [0.5, 0.6) is 0 Å². The lowest BCUT2D eigenvalue weighted by Crippen LogP contribution is -2.44. The van der Waals surface area contributed by atoms with Gasteiger partial charge in [-0.1, -0.05) is 48.5 Å². The van der Waals surface area contributed by atoms with E-state index in [2.05, 4.69) is 29.6 Å². The van der Waals surface area contributed by atoms with Crippen molar-refractivity contribution >= 4 is 29.7 Å². The van der Waals surface area contributed by atoms with E-state index >= 15 is 0 Å². The van der Waals surface area contributed by atoms with Gasteiger partial charge in [-0.25, -0.2) is 9.59 Å². The number of ether oxygens (including phenoxy) is 2. The number of fused-ring (bicyclic) bond motifs is 3. The van der Waals surface area contributed by atoms with E-state index in [0.717, 1.165) is 22.3 Å². The van der Waals surface area contributed by atoms with Gasteiger partial charge in [-0.2, -0.15) is 0 Å². The second-order valence-corrected chi connectivity index (χ2v) is 9.21. The first-order valence-corrected chi connectivity index (χ1v) is 12.5. The molecule has 0 radical (unpaired) electrons. The number of hydrogen-bond donors (Lipinski definition) is 2. The van der Waals surface area contributed by atoms with E-state index in [-0.39, 0.29) is 31.4 Å². The van der Waals surface area contributed by atoms with Gasteiger partial charge in [0.2, 0.25) is 5.91 Å². The molecule has 0 spiro atoms. The third-order valence-electron chi connectivity index (χ3n) is 6.11. The molecule has 34 heavy (non-hydrogen) atoms. The summed E-state index contributed by atoms with van der Waals surface area (Å²) in [6.07, 6.45) is -1.17. The molecule has 0 aromatic heterocycles. The van der Waals surface area contributed by atoms with E-state index in [0.29, 0.717) is 18.2 Å². The highest BCUT2D eigenvalue weighted by Gasteiger charge is 2.35. The Morgan fingerprint density at radius 3 is 2.38 bits per heavy atom. The molecule has 1 aliphatic carbocycles. The molecule has 1 heterocycles. The van der Waals surface area contributed by atoms with Crippen LogP contribution in [0.3, 0.4) is 0 Å². The Kier molecular flexibility index (Phi) is 7.74. The highest BCUT2D eigenvalue weighted by atomic mass is 32.2. The van der Waals surface area contributed by atoms with Crippen LogP contribution in [0.25, 0.3) is 11.1 Å². The summed E-state index contributed by atoms with van der Waals surface area (Å²) in [4.78, 5) is 37.8. The lowest BCUT2D eigenvalue weighted by Gasteiger charge is -2.24. The molecule has 180 valence electrons. The molecule has 1 saturated heterocycles. The molecule has 0 saturated carbocycles. The minimum absolute atomic E-state index is 0.0121. The Hall–Kier alpha value is -3.04. The molecule has 2 aliphatic rings. The third-order valence-corrected chi connectivity index (χ3v) is 7.12. The van der Waals surface area contributed by atoms with Gasteiger partial charge in [-0.3, -0.25) is 4.79 Å². The first kappa shape index (κ1) is 24.1. The number of alkyl carbamates (subject to hydrolysis) is 1. The lowest BCUT2D eigenvalue weighted by atomic mass is 9.98. The van der Waals surface area contributed by atoms with Crippen LogP contribution in [-0.4, -0.2) is 71.5 Å². The van der Waals surface area contributed by atoms with E-state index < -0.39 is 24.2 Å². The third kappa shape index (κ3) is 5.20. The number of carboxylic acids is 1. The fraction of sp³-hybridized carbons (Fsp3) is 0.400. The molecule has 4 rings (SSSR count). The van der Waals surface area contributed by atoms with Gasteiger partial charge >= 0.3 is 12.1 Å². The molecule has 2 atom stereocenters. The molecule has 1 aliphatic heterocycles. The van der Waals surface area contributed by atoms with Gasteiger partial charge < -0.3 is 24.8 Å². The number of aliphatic carboxylic acids is 1. The van der Waals surface area contributed by atoms with Gasteiger partial charge in [0.25, 0.3) is 0 Å². The zero-order valence-electron chi connectivity index (χ0n) is 18.9. The van der Waals surface area contributed by atoms with Crippen molar-refractivity contribution in [1.29, 1.82) is 0 Å². The summed E-state index contributed by atoms with van der Waals surface area (Å²) >= 11 is 1.41. The molecule has 0 bridgehead atoms. The number of carboxylic acid groups (broad SMARTS) is 1. The molecule has 2 N–H and O–H groups in total. The van der Waals surface area contributed by atoms with Gasteiger partial charge in [0.1, 0.15) is 12.6 Å². The zero-order valence-corrected chi connectivity index (χ0v) is 19.8. The van der Waals surface area contributed by atoms with Crippen LogP contribution >= 0.6 is 11.8 Å². The van der Waals surface area contributed by atoms with Gasteiger partial charge in [0.15, 0.2) is 0 Å². The minimum Gasteiger partial charge on any atom is -0.480 e. The summed E-state index contributed by atoms with van der Waals surface area (Å²) < 4.78 is 11.2. The van der Waals surface area contributed by atoms with Crippen LogP contribution < -0.4 is 5.32 Å². The Bertz CT molecular complexity index is 1020. The van der Waals surface area contributed by atoms with Gasteiger partial charge in [-0.05, 0) is 29.2 Å². The van der Waals surface area contributed by atoms with Crippen molar-refractivity contribution in [1.82, 2.24) is 10.2 Å². The average molecular weight is 485 g/mol. The van der Waals surface area contributed by atoms with Crippen LogP contribution in [0.15, 0.2) is 48.5 Å². The molecular formula is C25H28N2O6S. The van der Waals surface area contributed by atoms with Crippen LogP contribution in [0.2, 0.25) is 0 Å². The van der Waals surface area contributed by atoms with Crippen LogP contribution in [0.1, 0.15) is 30.4 Å². The zero-order chi connectivity index (χ0) is 24.1. The Morgan fingerprint density at radius 2 is 1.76 bits per heavy atom. The molecule has 2 aromatic carbocycles. The second-order valence-electron chi connectivity index (χ2n) is 8.21. The predicted octanol–water partition coefficient (Wildman–Crippen LogP) is 3.31. The average Bonchev–Trinajstić information content (AvgIpc) is 3.45. The van der Waals surface area contributed by atoms with Crippen molar-refractivity contribution in [3.63, 3.8) is 0 Å². The summed E-state index contributed by atoms with van der Waals surface area (Å²) in [5, 5.41) is 12.0. The number of benzene rings is 2. The first-order chi connectivity index (χ1) is 16.5. The number of hydrogen-bond acceptors (Lipinski definition) is 6. The predicted molar refractivity (Wildman–Crippen MR) is 129 cm³/mol. The highest BCUT2D eigenvalue weighted by molar-refractivity contribution is 7.99. The molecule has 8 nitrogen and oxygen atoms in total. The standard InChI is InChI=1S/C25H28N2O6S/c1-2-32-16(11-23(28)27-15-34-14-22(27)24(29)30)12-26-25(31)33-13-21-19-9-5-3-7-17(19)18-8-4-6-10-20(18)21/h3-10,16,21-22H,2,11-15H2,1H3,(H,26,31)(H,29,30). The van der Waals surface area contributed by atoms with Crippen LogP contribution in [0.4, 0.5) is 4.79 Å². The minimum atomic E-state index is -1.01. The Labute approximate surface area is 202 Å². The van der Waals surface area contributed by atoms with Crippen molar-refractivity contribution in [2.75, 3.05) is 31.4 Å². The number of nitrogens with one attached hydrogen (secondary N) is 1. The fourth-order valence-corrected chi connectivity index (χ4v) is 5.65. The highest BCUT2D eigenvalue weighted by Crippen LogP contribution is 2.44. The van der Waals surface area contributed by atoms with E-state index in [1.807, 2.05) is 24.3 Å². The van der Waals surface area contributed by atoms with Crippen molar-refractivity contribution in [2.24, 2.45) is 0 Å². The molecule has 2 unspecified atom stereocenters. The largest absolute Gasteiger partial charge is 0.480 e. The number of carbonyl (C=O) groups is 3. The smallest absolute Gasteiger partial charge is 0.407 e. The summed E-state index contributed by atoms with van der Waals surface area (Å²) in [6.45, 7) is 2.45. The van der Waals surface area contributed by atoms with E-state index in [4.69, 9.17) is 9.47 Å². The number of amides is 2. The van der Waals surface area contributed by atoms with Crippen LogP contribution in [0, 0.1) is 0 Å². The summed E-state index contributed by atoms with van der Waals surface area (Å²) in [6, 6.07) is 15.4. The molecule has 2 amide bonds. The molecular weight excluding hydrogens is 456 g/mol. The maximum atomic E-state index is 12.6. The summed E-state index contributed by atoms with van der Waals surface area (Å²) in [5.74, 6) is -0.636. The maximum absolute atomic E-state index is 12.6. The molecule has 1 fully saturated rings. The summed E-state index contributed by atoms with van der Waals surface area (Å²) in [7, 11) is 0. The SMILES string of the molecule is CCOC(CNC(=O)OCC1c2ccccc2-c2ccccc21)CC(=O)N1CSCC1C(=O)O. The lowest BCUT2D eigenvalue weighted by molar-refractivity contribution is -0.148.